The number of carbonyl (C=O) groups is 4. The van der Waals surface area contributed by atoms with E-state index in [1.54, 1.807) is 11.8 Å². The van der Waals surface area contributed by atoms with E-state index in [0.29, 0.717) is 5.56 Å². The number of esters is 1. The number of rotatable bonds is 5. The van der Waals surface area contributed by atoms with Gasteiger partial charge in [0.15, 0.2) is 0 Å². The van der Waals surface area contributed by atoms with Crippen molar-refractivity contribution in [2.24, 2.45) is 5.92 Å². The number of anilines is 2. The van der Waals surface area contributed by atoms with Gasteiger partial charge in [0.25, 0.3) is 17.5 Å². The van der Waals surface area contributed by atoms with Gasteiger partial charge < -0.3 is 9.64 Å². The van der Waals surface area contributed by atoms with Crippen molar-refractivity contribution in [2.75, 3.05) is 16.3 Å². The van der Waals surface area contributed by atoms with Gasteiger partial charge in [-0.15, -0.1) is 0 Å². The molecular formula is C28H23N3O7. The van der Waals surface area contributed by atoms with Crippen LogP contribution in [0.25, 0.3) is 0 Å². The van der Waals surface area contributed by atoms with Crippen molar-refractivity contribution in [3.05, 3.63) is 92.5 Å². The van der Waals surface area contributed by atoms with Crippen LogP contribution >= 0.6 is 0 Å². The monoisotopic (exact) mass is 513 g/mol. The van der Waals surface area contributed by atoms with Crippen molar-refractivity contribution >= 4 is 40.8 Å². The number of nitro benzene ring substituents is 1. The topological polar surface area (TPSA) is 127 Å². The van der Waals surface area contributed by atoms with Gasteiger partial charge in [-0.2, -0.15) is 0 Å². The molecule has 3 aromatic carbocycles. The van der Waals surface area contributed by atoms with Crippen molar-refractivity contribution in [2.45, 2.75) is 27.2 Å². The number of fused-ring (bicyclic) bond motifs is 1. The molecule has 3 aromatic rings. The number of hydrogen-bond acceptors (Lipinski definition) is 7. The summed E-state index contributed by atoms with van der Waals surface area (Å²) in [5.74, 6) is -2.65. The minimum atomic E-state index is -0.791. The van der Waals surface area contributed by atoms with Gasteiger partial charge in [0.1, 0.15) is 11.3 Å². The molecule has 0 N–H and O–H groups in total. The number of nitro groups is 1. The van der Waals surface area contributed by atoms with Crippen LogP contribution in [-0.4, -0.2) is 35.2 Å². The van der Waals surface area contributed by atoms with E-state index in [-0.39, 0.29) is 41.4 Å². The third-order valence-electron chi connectivity index (χ3n) is 6.98. The Labute approximate surface area is 217 Å². The summed E-state index contributed by atoms with van der Waals surface area (Å²) >= 11 is 0. The molecule has 1 saturated heterocycles. The first-order valence-corrected chi connectivity index (χ1v) is 11.9. The van der Waals surface area contributed by atoms with E-state index in [1.807, 2.05) is 32.0 Å². The molecule has 0 bridgehead atoms. The first kappa shape index (κ1) is 24.8. The molecule has 2 heterocycles. The fraction of sp³-hybridized carbons (Fsp3) is 0.214. The number of benzene rings is 3. The Hall–Kier alpha value is -4.86. The molecule has 0 aromatic heterocycles. The highest BCUT2D eigenvalue weighted by Gasteiger charge is 2.42. The molecule has 2 aliphatic rings. The van der Waals surface area contributed by atoms with Crippen molar-refractivity contribution in [3.8, 4) is 5.75 Å². The number of amides is 3. The van der Waals surface area contributed by atoms with Crippen LogP contribution in [0.4, 0.5) is 17.1 Å². The highest BCUT2D eigenvalue weighted by atomic mass is 16.6. The van der Waals surface area contributed by atoms with Gasteiger partial charge in [0.05, 0.1) is 22.1 Å². The highest BCUT2D eigenvalue weighted by molar-refractivity contribution is 6.35. The molecule has 1 atom stereocenters. The molecule has 0 radical (unpaired) electrons. The van der Waals surface area contributed by atoms with Gasteiger partial charge in [-0.1, -0.05) is 12.1 Å². The van der Waals surface area contributed by atoms with Gasteiger partial charge in [-0.25, -0.2) is 4.90 Å². The van der Waals surface area contributed by atoms with E-state index >= 15 is 0 Å². The third-order valence-corrected chi connectivity index (χ3v) is 6.98. The molecular weight excluding hydrogens is 490 g/mol. The Kier molecular flexibility index (Phi) is 6.02. The second kappa shape index (κ2) is 9.22. The van der Waals surface area contributed by atoms with Crippen molar-refractivity contribution in [1.82, 2.24) is 0 Å². The van der Waals surface area contributed by atoms with Crippen molar-refractivity contribution in [1.29, 1.82) is 0 Å². The van der Waals surface area contributed by atoms with E-state index < -0.39 is 34.3 Å². The van der Waals surface area contributed by atoms with Crippen molar-refractivity contribution < 1.29 is 28.8 Å². The van der Waals surface area contributed by atoms with E-state index in [0.717, 1.165) is 21.7 Å². The number of ether oxygens (including phenoxy) is 1. The molecule has 2 aliphatic heterocycles. The summed E-state index contributed by atoms with van der Waals surface area (Å²) < 4.78 is 5.54. The lowest BCUT2D eigenvalue weighted by molar-refractivity contribution is -0.385. The number of aryl methyl sites for hydroxylation is 3. The SMILES string of the molecule is Cc1ccc(N2C[C@H](C(=O)Oc3ccc(N4C(=O)c5cccc([N+](=O)[O-])c5C4=O)c(C)c3)CC2=O)cc1C. The zero-order valence-electron chi connectivity index (χ0n) is 20.9. The molecule has 0 saturated carbocycles. The average Bonchev–Trinajstić information content (AvgIpc) is 3.38. The summed E-state index contributed by atoms with van der Waals surface area (Å²) in [6.45, 7) is 5.77. The maximum atomic E-state index is 13.0. The van der Waals surface area contributed by atoms with Crippen molar-refractivity contribution in [3.63, 3.8) is 0 Å². The molecule has 3 amide bonds. The summed E-state index contributed by atoms with van der Waals surface area (Å²) in [7, 11) is 0. The van der Waals surface area contributed by atoms with Gasteiger partial charge in [0, 0.05) is 24.7 Å². The van der Waals surface area contributed by atoms with E-state index in [9.17, 15) is 29.3 Å². The number of nitrogens with zero attached hydrogens (tertiary/aromatic N) is 3. The number of carbonyl (C=O) groups excluding carboxylic acids is 4. The van der Waals surface area contributed by atoms with E-state index in [1.165, 1.54) is 36.4 Å². The standard InChI is InChI=1S/C28H23N3O7/c1-15-7-8-19(11-16(15)2)29-14-18(13-24(29)32)28(35)38-20-9-10-22(17(3)12-20)30-26(33)21-5-4-6-23(31(36)37)25(21)27(30)34/h4-12,18H,13-14H2,1-3H3/t18-/m1/s1. The second-order valence-electron chi connectivity index (χ2n) is 9.45. The summed E-state index contributed by atoms with van der Waals surface area (Å²) in [5.41, 5.74) is 2.82. The minimum Gasteiger partial charge on any atom is -0.426 e. The number of imide groups is 1. The lowest BCUT2D eigenvalue weighted by Gasteiger charge is -2.18. The van der Waals surface area contributed by atoms with E-state index in [4.69, 9.17) is 4.74 Å². The normalized spacial score (nSPS) is 16.7. The van der Waals surface area contributed by atoms with Crippen LogP contribution in [-0.2, 0) is 9.59 Å². The predicted octanol–water partition coefficient (Wildman–Crippen LogP) is 4.28. The lowest BCUT2D eigenvalue weighted by Crippen LogP contribution is -2.30. The maximum Gasteiger partial charge on any atom is 0.316 e. The van der Waals surface area contributed by atoms with Gasteiger partial charge in [-0.3, -0.25) is 29.3 Å². The zero-order valence-corrected chi connectivity index (χ0v) is 20.9. The van der Waals surface area contributed by atoms with Crippen LogP contribution in [0, 0.1) is 36.8 Å². The van der Waals surface area contributed by atoms with Crippen LogP contribution in [0.5, 0.6) is 5.75 Å². The van der Waals surface area contributed by atoms with Crippen LogP contribution in [0.1, 0.15) is 43.8 Å². The lowest BCUT2D eigenvalue weighted by atomic mass is 10.1. The fourth-order valence-electron chi connectivity index (χ4n) is 4.79. The minimum absolute atomic E-state index is 0.0244. The van der Waals surface area contributed by atoms with Crippen LogP contribution in [0.15, 0.2) is 54.6 Å². The van der Waals surface area contributed by atoms with Gasteiger partial charge >= 0.3 is 5.97 Å². The first-order valence-electron chi connectivity index (χ1n) is 11.9. The van der Waals surface area contributed by atoms with E-state index in [2.05, 4.69) is 0 Å². The molecule has 38 heavy (non-hydrogen) atoms. The Bertz CT molecular complexity index is 1560. The molecule has 1 fully saturated rings. The summed E-state index contributed by atoms with van der Waals surface area (Å²) in [6.07, 6.45) is 0.0244. The third kappa shape index (κ3) is 4.09. The van der Waals surface area contributed by atoms with Gasteiger partial charge in [-0.05, 0) is 73.9 Å². The fourth-order valence-corrected chi connectivity index (χ4v) is 4.79. The molecule has 10 heteroatoms. The molecule has 0 aliphatic carbocycles. The Balaban J connectivity index is 1.32. The Morgan fingerprint density at radius 1 is 0.947 bits per heavy atom. The van der Waals surface area contributed by atoms with Crippen LogP contribution in [0.2, 0.25) is 0 Å². The van der Waals surface area contributed by atoms with Crippen LogP contribution in [0.3, 0.4) is 0 Å². The predicted molar refractivity (Wildman–Crippen MR) is 137 cm³/mol. The molecule has 0 spiro atoms. The summed E-state index contributed by atoms with van der Waals surface area (Å²) in [6, 6.07) is 14.0. The Morgan fingerprint density at radius 2 is 1.71 bits per heavy atom. The Morgan fingerprint density at radius 3 is 2.39 bits per heavy atom. The maximum absolute atomic E-state index is 13.0. The highest BCUT2D eigenvalue weighted by Crippen LogP contribution is 2.36. The molecule has 192 valence electrons. The second-order valence-corrected chi connectivity index (χ2v) is 9.45. The molecule has 10 nitrogen and oxygen atoms in total. The smallest absolute Gasteiger partial charge is 0.316 e. The summed E-state index contributed by atoms with van der Waals surface area (Å²) in [4.78, 5) is 64.6. The van der Waals surface area contributed by atoms with Gasteiger partial charge in [0.2, 0.25) is 5.91 Å². The number of hydrogen-bond donors (Lipinski definition) is 0. The summed E-state index contributed by atoms with van der Waals surface area (Å²) in [5, 5.41) is 11.4. The molecule has 5 rings (SSSR count). The first-order chi connectivity index (χ1) is 18.1. The van der Waals surface area contributed by atoms with Crippen LogP contribution < -0.4 is 14.5 Å². The quantitative estimate of drug-likeness (QED) is 0.164. The largest absolute Gasteiger partial charge is 0.426 e. The molecule has 0 unspecified atom stereocenters. The zero-order chi connectivity index (χ0) is 27.3. The average molecular weight is 514 g/mol.